The van der Waals surface area contributed by atoms with Crippen LogP contribution in [0, 0.1) is 0 Å². The smallest absolute Gasteiger partial charge is 0.246 e. The number of hydrogen-bond donors (Lipinski definition) is 1. The van der Waals surface area contributed by atoms with Gasteiger partial charge in [0.05, 0.1) is 20.3 Å². The zero-order chi connectivity index (χ0) is 24.0. The average molecular weight is 487 g/mol. The van der Waals surface area contributed by atoms with Crippen molar-refractivity contribution in [3.05, 3.63) is 54.4 Å². The Kier molecular flexibility index (Phi) is 7.56. The van der Waals surface area contributed by atoms with Gasteiger partial charge >= 0.3 is 0 Å². The molecule has 3 aromatic rings. The summed E-state index contributed by atoms with van der Waals surface area (Å²) in [6, 6.07) is 14.1. The van der Waals surface area contributed by atoms with E-state index in [-0.39, 0.29) is 36.1 Å². The first-order chi connectivity index (χ1) is 16.5. The van der Waals surface area contributed by atoms with Gasteiger partial charge in [0.25, 0.3) is 0 Å². The van der Waals surface area contributed by atoms with Crippen molar-refractivity contribution in [2.45, 2.75) is 24.2 Å². The molecule has 11 heteroatoms. The molecule has 1 saturated heterocycles. The monoisotopic (exact) mass is 486 g/mol. The lowest BCUT2D eigenvalue weighted by molar-refractivity contribution is -0.116. The summed E-state index contributed by atoms with van der Waals surface area (Å²) >= 11 is 0. The normalized spacial score (nSPS) is 14.6. The Balaban J connectivity index is 1.36. The van der Waals surface area contributed by atoms with Crippen LogP contribution in [0.5, 0.6) is 5.75 Å². The number of hydrogen-bond acceptors (Lipinski definition) is 8. The second-order valence-corrected chi connectivity index (χ2v) is 9.57. The van der Waals surface area contributed by atoms with Gasteiger partial charge in [0.1, 0.15) is 10.6 Å². The van der Waals surface area contributed by atoms with E-state index in [0.29, 0.717) is 43.5 Å². The van der Waals surface area contributed by atoms with Crippen LogP contribution in [0.15, 0.2) is 57.9 Å². The molecular weight excluding hydrogens is 460 g/mol. The molecule has 1 aromatic heterocycles. The third-order valence-corrected chi connectivity index (χ3v) is 7.25. The first-order valence-electron chi connectivity index (χ1n) is 10.9. The van der Waals surface area contributed by atoms with Crippen molar-refractivity contribution in [2.24, 2.45) is 0 Å². The van der Waals surface area contributed by atoms with Crippen LogP contribution < -0.4 is 10.1 Å². The number of carbonyl (C=O) groups is 1. The van der Waals surface area contributed by atoms with E-state index in [1.54, 1.807) is 6.07 Å². The number of rotatable bonds is 9. The first-order valence-corrected chi connectivity index (χ1v) is 12.3. The van der Waals surface area contributed by atoms with Crippen molar-refractivity contribution < 1.29 is 27.2 Å². The Labute approximate surface area is 197 Å². The highest BCUT2D eigenvalue weighted by Crippen LogP contribution is 2.30. The van der Waals surface area contributed by atoms with Crippen molar-refractivity contribution >= 4 is 21.6 Å². The molecule has 1 aliphatic rings. The summed E-state index contributed by atoms with van der Waals surface area (Å²) in [6.07, 6.45) is 1.16. The van der Waals surface area contributed by atoms with Crippen LogP contribution in [0.3, 0.4) is 0 Å². The predicted molar refractivity (Wildman–Crippen MR) is 124 cm³/mol. The van der Waals surface area contributed by atoms with Gasteiger partial charge in [-0.2, -0.15) is 9.29 Å². The lowest BCUT2D eigenvalue weighted by atomic mass is 10.2. The van der Waals surface area contributed by atoms with Gasteiger partial charge in [-0.1, -0.05) is 35.5 Å². The fourth-order valence-electron chi connectivity index (χ4n) is 3.57. The number of nitrogens with zero attached hydrogens (tertiary/aromatic N) is 3. The molecular formula is C23H26N4O6S. The highest BCUT2D eigenvalue weighted by molar-refractivity contribution is 7.89. The molecule has 0 radical (unpaired) electrons. The Morgan fingerprint density at radius 1 is 1.15 bits per heavy atom. The maximum Gasteiger partial charge on any atom is 0.246 e. The molecule has 1 N–H and O–H groups in total. The number of carbonyl (C=O) groups excluding carboxylic acids is 1. The summed E-state index contributed by atoms with van der Waals surface area (Å²) in [5.41, 5.74) is 1.24. The van der Waals surface area contributed by atoms with Crippen molar-refractivity contribution in [2.75, 3.05) is 38.7 Å². The number of nitrogens with one attached hydrogen (secondary N) is 1. The summed E-state index contributed by atoms with van der Waals surface area (Å²) in [5.74, 6) is 0.931. The SMILES string of the molecule is COc1ccc(NC(=O)CCCc2nc(-c3ccccc3)no2)cc1S(=O)(=O)N1CCOCC1. The number of sulfonamides is 1. The second-order valence-electron chi connectivity index (χ2n) is 7.66. The number of morpholine rings is 1. The lowest BCUT2D eigenvalue weighted by Crippen LogP contribution is -2.40. The summed E-state index contributed by atoms with van der Waals surface area (Å²) in [6.45, 7) is 1.21. The van der Waals surface area contributed by atoms with Gasteiger partial charge in [-0.3, -0.25) is 4.79 Å². The number of amides is 1. The van der Waals surface area contributed by atoms with E-state index < -0.39 is 10.0 Å². The van der Waals surface area contributed by atoms with Gasteiger partial charge in [0, 0.05) is 37.2 Å². The van der Waals surface area contributed by atoms with Gasteiger partial charge < -0.3 is 19.3 Å². The van der Waals surface area contributed by atoms with Crippen molar-refractivity contribution in [1.82, 2.24) is 14.4 Å². The highest BCUT2D eigenvalue weighted by atomic mass is 32.2. The van der Waals surface area contributed by atoms with Crippen LogP contribution in [0.25, 0.3) is 11.4 Å². The zero-order valence-electron chi connectivity index (χ0n) is 18.8. The average Bonchev–Trinajstić information content (AvgIpc) is 3.34. The first kappa shape index (κ1) is 23.9. The molecule has 2 aromatic carbocycles. The van der Waals surface area contributed by atoms with Crippen LogP contribution in [-0.4, -0.2) is 62.2 Å². The van der Waals surface area contributed by atoms with Crippen molar-refractivity contribution in [3.63, 3.8) is 0 Å². The largest absolute Gasteiger partial charge is 0.495 e. The molecule has 34 heavy (non-hydrogen) atoms. The summed E-state index contributed by atoms with van der Waals surface area (Å²) in [4.78, 5) is 16.8. The van der Waals surface area contributed by atoms with Crippen LogP contribution in [-0.2, 0) is 26.0 Å². The number of ether oxygens (including phenoxy) is 2. The molecule has 1 fully saturated rings. The fraction of sp³-hybridized carbons (Fsp3) is 0.348. The van der Waals surface area contributed by atoms with E-state index in [9.17, 15) is 13.2 Å². The zero-order valence-corrected chi connectivity index (χ0v) is 19.6. The van der Waals surface area contributed by atoms with Gasteiger partial charge in [0.2, 0.25) is 27.6 Å². The lowest BCUT2D eigenvalue weighted by Gasteiger charge is -2.26. The molecule has 4 rings (SSSR count). The van der Waals surface area contributed by atoms with Gasteiger partial charge in [-0.05, 0) is 24.6 Å². The number of aromatic nitrogens is 2. The Morgan fingerprint density at radius 3 is 2.65 bits per heavy atom. The molecule has 0 saturated carbocycles. The standard InChI is InChI=1S/C23H26N4O6S/c1-31-19-11-10-18(16-20(19)34(29,30)27-12-14-32-15-13-27)24-21(28)8-5-9-22-25-23(26-33-22)17-6-3-2-4-7-17/h2-4,6-7,10-11,16H,5,8-9,12-15H2,1H3,(H,24,28). The minimum atomic E-state index is -3.79. The molecule has 0 spiro atoms. The topological polar surface area (TPSA) is 124 Å². The number of methoxy groups -OCH3 is 1. The Hall–Kier alpha value is -3.28. The minimum absolute atomic E-state index is 0.00833. The molecule has 0 bridgehead atoms. The molecule has 180 valence electrons. The fourth-order valence-corrected chi connectivity index (χ4v) is 5.16. The van der Waals surface area contributed by atoms with Gasteiger partial charge in [0.15, 0.2) is 0 Å². The number of anilines is 1. The summed E-state index contributed by atoms with van der Waals surface area (Å²) in [7, 11) is -2.38. The van der Waals surface area contributed by atoms with E-state index in [4.69, 9.17) is 14.0 Å². The second kappa shape index (κ2) is 10.8. The Morgan fingerprint density at radius 2 is 1.91 bits per heavy atom. The maximum absolute atomic E-state index is 13.1. The van der Waals surface area contributed by atoms with Crippen molar-refractivity contribution in [1.29, 1.82) is 0 Å². The minimum Gasteiger partial charge on any atom is -0.495 e. The van der Waals surface area contributed by atoms with E-state index in [1.165, 1.54) is 23.5 Å². The number of benzene rings is 2. The quantitative estimate of drug-likeness (QED) is 0.490. The van der Waals surface area contributed by atoms with Crippen LogP contribution >= 0.6 is 0 Å². The van der Waals surface area contributed by atoms with Crippen LogP contribution in [0.4, 0.5) is 5.69 Å². The van der Waals surface area contributed by atoms with Gasteiger partial charge in [-0.15, -0.1) is 0 Å². The summed E-state index contributed by atoms with van der Waals surface area (Å²) < 4.78 is 43.3. The van der Waals surface area contributed by atoms with E-state index in [1.807, 2.05) is 30.3 Å². The molecule has 0 aliphatic carbocycles. The molecule has 10 nitrogen and oxygen atoms in total. The molecule has 1 aliphatic heterocycles. The molecule has 1 amide bonds. The summed E-state index contributed by atoms with van der Waals surface area (Å²) in [5, 5.41) is 6.73. The molecule has 0 unspecified atom stereocenters. The highest BCUT2D eigenvalue weighted by Gasteiger charge is 2.29. The van der Waals surface area contributed by atoms with E-state index in [2.05, 4.69) is 15.5 Å². The Bertz CT molecular complexity index is 1220. The van der Waals surface area contributed by atoms with E-state index >= 15 is 0 Å². The van der Waals surface area contributed by atoms with Crippen LogP contribution in [0.2, 0.25) is 0 Å². The van der Waals surface area contributed by atoms with E-state index in [0.717, 1.165) is 5.56 Å². The van der Waals surface area contributed by atoms with Crippen LogP contribution in [0.1, 0.15) is 18.7 Å². The third-order valence-electron chi connectivity index (χ3n) is 5.33. The van der Waals surface area contributed by atoms with Gasteiger partial charge in [-0.25, -0.2) is 8.42 Å². The van der Waals surface area contributed by atoms with Crippen molar-refractivity contribution in [3.8, 4) is 17.1 Å². The predicted octanol–water partition coefficient (Wildman–Crippen LogP) is 2.73. The molecule has 2 heterocycles. The molecule has 0 atom stereocenters. The maximum atomic E-state index is 13.1. The third kappa shape index (κ3) is 5.61. The number of aryl methyl sites for hydroxylation is 1.